The second-order valence-corrected chi connectivity index (χ2v) is 8.95. The van der Waals surface area contributed by atoms with Gasteiger partial charge in [0.05, 0.1) is 17.8 Å². The molecule has 0 unspecified atom stereocenters. The average molecular weight is 616 g/mol. The summed E-state index contributed by atoms with van der Waals surface area (Å²) in [5.41, 5.74) is 3.67. The molecule has 0 saturated carbocycles. The van der Waals surface area contributed by atoms with Crippen LogP contribution in [0.4, 0.5) is 11.4 Å². The molecule has 3 amide bonds. The zero-order chi connectivity index (χ0) is 28.2. The third-order valence-electron chi connectivity index (χ3n) is 4.79. The van der Waals surface area contributed by atoms with E-state index in [0.717, 1.165) is 0 Å². The number of carbonyl (C=O) groups excluding carboxylic acids is 3. The van der Waals surface area contributed by atoms with Crippen molar-refractivity contribution < 1.29 is 28.6 Å². The maximum absolute atomic E-state index is 12.2. The summed E-state index contributed by atoms with van der Waals surface area (Å²) in [5, 5.41) is 9.54. The zero-order valence-electron chi connectivity index (χ0n) is 20.7. The Balaban J connectivity index is 1.54. The van der Waals surface area contributed by atoms with E-state index in [1.807, 2.05) is 0 Å². The lowest BCUT2D eigenvalue weighted by atomic mass is 10.2. The van der Waals surface area contributed by atoms with Crippen molar-refractivity contribution in [1.82, 2.24) is 5.43 Å². The van der Waals surface area contributed by atoms with Crippen LogP contribution in [0.1, 0.15) is 5.56 Å². The Bertz CT molecular complexity index is 1360. The Hall–Kier alpha value is -4.35. The molecule has 0 fully saturated rings. The fraction of sp³-hybridized carbons (Fsp3) is 0.111. The van der Waals surface area contributed by atoms with Crippen LogP contribution in [0.3, 0.4) is 0 Å². The molecule has 3 N–H and O–H groups in total. The molecule has 0 aliphatic carbocycles. The molecule has 12 heteroatoms. The first kappa shape index (κ1) is 29.2. The molecular formula is C27H24BrClN4O6. The fourth-order valence-corrected chi connectivity index (χ4v) is 3.72. The standard InChI is InChI=1S/C27H24BrClN4O6/c1-3-12-38-21-10-8-20(9-11-21)32-26(35)27(36)33-30-15-17-13-22(28)25(23(14-17)37-2)39-16-24(34)31-19-6-4-18(29)5-7-19/h3-11,13-15H,1,12,16H2,2H3,(H,31,34)(H,32,35)(H,33,36)/b30-15-. The molecule has 0 saturated heterocycles. The monoisotopic (exact) mass is 614 g/mol. The highest BCUT2D eigenvalue weighted by Crippen LogP contribution is 2.36. The van der Waals surface area contributed by atoms with Crippen LogP contribution in [0.5, 0.6) is 17.2 Å². The summed E-state index contributed by atoms with van der Waals surface area (Å²) >= 11 is 9.24. The lowest BCUT2D eigenvalue weighted by Gasteiger charge is -2.13. The van der Waals surface area contributed by atoms with Crippen LogP contribution < -0.4 is 30.3 Å². The Labute approximate surface area is 238 Å². The molecular weight excluding hydrogens is 592 g/mol. The van der Waals surface area contributed by atoms with Crippen molar-refractivity contribution in [2.45, 2.75) is 0 Å². The molecule has 3 aromatic carbocycles. The van der Waals surface area contributed by atoms with Gasteiger partial charge >= 0.3 is 11.8 Å². The van der Waals surface area contributed by atoms with Crippen LogP contribution in [0, 0.1) is 0 Å². The predicted octanol–water partition coefficient (Wildman–Crippen LogP) is 4.78. The number of amides is 3. The third-order valence-corrected chi connectivity index (χ3v) is 5.63. The number of rotatable bonds is 11. The summed E-state index contributed by atoms with van der Waals surface area (Å²) in [6.45, 7) is 3.65. The Morgan fingerprint density at radius 1 is 0.974 bits per heavy atom. The average Bonchev–Trinajstić information content (AvgIpc) is 2.93. The number of hydrogen-bond acceptors (Lipinski definition) is 7. The van der Waals surface area contributed by atoms with Crippen molar-refractivity contribution >= 4 is 62.8 Å². The minimum atomic E-state index is -0.962. The normalized spacial score (nSPS) is 10.4. The molecule has 0 heterocycles. The van der Waals surface area contributed by atoms with Gasteiger partial charge in [0, 0.05) is 16.4 Å². The molecule has 0 aliphatic heterocycles. The highest BCUT2D eigenvalue weighted by molar-refractivity contribution is 9.10. The molecule has 202 valence electrons. The van der Waals surface area contributed by atoms with Gasteiger partial charge in [-0.1, -0.05) is 24.3 Å². The first-order valence-corrected chi connectivity index (χ1v) is 12.5. The second-order valence-electron chi connectivity index (χ2n) is 7.66. The molecule has 0 aliphatic rings. The van der Waals surface area contributed by atoms with Gasteiger partial charge in [0.1, 0.15) is 12.4 Å². The van der Waals surface area contributed by atoms with Crippen molar-refractivity contribution in [1.29, 1.82) is 0 Å². The molecule has 0 bridgehead atoms. The Kier molecular flexibility index (Phi) is 10.9. The Morgan fingerprint density at radius 3 is 2.31 bits per heavy atom. The SMILES string of the molecule is C=CCOc1ccc(NC(=O)C(=O)N/N=C\c2cc(Br)c(OCC(=O)Nc3ccc(Cl)cc3)c(OC)c2)cc1. The zero-order valence-corrected chi connectivity index (χ0v) is 23.0. The number of methoxy groups -OCH3 is 1. The first-order chi connectivity index (χ1) is 18.8. The first-order valence-electron chi connectivity index (χ1n) is 11.3. The predicted molar refractivity (Wildman–Crippen MR) is 153 cm³/mol. The van der Waals surface area contributed by atoms with Crippen LogP contribution in [0.15, 0.2) is 82.9 Å². The molecule has 0 aromatic heterocycles. The summed E-state index contributed by atoms with van der Waals surface area (Å²) in [7, 11) is 1.44. The number of ether oxygens (including phenoxy) is 3. The van der Waals surface area contributed by atoms with Gasteiger partial charge in [-0.05, 0) is 82.2 Å². The maximum Gasteiger partial charge on any atom is 0.329 e. The van der Waals surface area contributed by atoms with Crippen LogP contribution in [0.25, 0.3) is 0 Å². The number of halogens is 2. The van der Waals surface area contributed by atoms with Gasteiger partial charge < -0.3 is 24.8 Å². The van der Waals surface area contributed by atoms with Gasteiger partial charge in [-0.2, -0.15) is 5.10 Å². The number of hydrogen-bond donors (Lipinski definition) is 3. The molecule has 10 nitrogen and oxygen atoms in total. The van der Waals surface area contributed by atoms with E-state index in [9.17, 15) is 14.4 Å². The number of anilines is 2. The minimum Gasteiger partial charge on any atom is -0.493 e. The van der Waals surface area contributed by atoms with Gasteiger partial charge in [-0.25, -0.2) is 5.43 Å². The quantitative estimate of drug-likeness (QED) is 0.123. The number of hydrazone groups is 1. The van der Waals surface area contributed by atoms with E-state index >= 15 is 0 Å². The molecule has 0 atom stereocenters. The topological polar surface area (TPSA) is 127 Å². The fourth-order valence-electron chi connectivity index (χ4n) is 3.02. The van der Waals surface area contributed by atoms with Gasteiger partial charge in [-0.3, -0.25) is 14.4 Å². The number of carbonyl (C=O) groups is 3. The van der Waals surface area contributed by atoms with Gasteiger partial charge in [0.15, 0.2) is 18.1 Å². The van der Waals surface area contributed by atoms with Crippen molar-refractivity contribution in [2.75, 3.05) is 31.0 Å². The second kappa shape index (κ2) is 14.6. The maximum atomic E-state index is 12.2. The van der Waals surface area contributed by atoms with Crippen molar-refractivity contribution in [2.24, 2.45) is 5.10 Å². The van der Waals surface area contributed by atoms with Crippen molar-refractivity contribution in [3.05, 3.63) is 88.4 Å². The van der Waals surface area contributed by atoms with Crippen LogP contribution in [-0.4, -0.2) is 44.3 Å². The third kappa shape index (κ3) is 9.16. The summed E-state index contributed by atoms with van der Waals surface area (Å²) in [4.78, 5) is 36.5. The smallest absolute Gasteiger partial charge is 0.329 e. The van der Waals surface area contributed by atoms with Crippen LogP contribution >= 0.6 is 27.5 Å². The molecule has 39 heavy (non-hydrogen) atoms. The highest BCUT2D eigenvalue weighted by Gasteiger charge is 2.15. The van der Waals surface area contributed by atoms with Gasteiger partial charge in [0.25, 0.3) is 5.91 Å². The van der Waals surface area contributed by atoms with E-state index in [4.69, 9.17) is 25.8 Å². The summed E-state index contributed by atoms with van der Waals surface area (Å²) in [6, 6.07) is 16.4. The molecule has 3 rings (SSSR count). The minimum absolute atomic E-state index is 0.277. The Morgan fingerprint density at radius 2 is 1.64 bits per heavy atom. The number of nitrogens with one attached hydrogen (secondary N) is 3. The molecule has 0 radical (unpaired) electrons. The number of benzene rings is 3. The lowest BCUT2D eigenvalue weighted by molar-refractivity contribution is -0.136. The van der Waals surface area contributed by atoms with E-state index in [-0.39, 0.29) is 12.5 Å². The number of nitrogens with zero attached hydrogens (tertiary/aromatic N) is 1. The molecule has 3 aromatic rings. The van der Waals surface area contributed by atoms with E-state index in [2.05, 4.69) is 43.7 Å². The lowest BCUT2D eigenvalue weighted by Crippen LogP contribution is -2.32. The van der Waals surface area contributed by atoms with E-state index in [1.54, 1.807) is 66.7 Å². The van der Waals surface area contributed by atoms with Gasteiger partial charge in [-0.15, -0.1) is 0 Å². The van der Waals surface area contributed by atoms with Crippen molar-refractivity contribution in [3.8, 4) is 17.2 Å². The molecule has 0 spiro atoms. The largest absolute Gasteiger partial charge is 0.493 e. The van der Waals surface area contributed by atoms with Crippen LogP contribution in [0.2, 0.25) is 5.02 Å². The van der Waals surface area contributed by atoms with E-state index < -0.39 is 11.8 Å². The summed E-state index contributed by atoms with van der Waals surface area (Å²) in [5.74, 6) is -1.03. The van der Waals surface area contributed by atoms with E-state index in [0.29, 0.717) is 50.3 Å². The van der Waals surface area contributed by atoms with E-state index in [1.165, 1.54) is 13.3 Å². The highest BCUT2D eigenvalue weighted by atomic mass is 79.9. The van der Waals surface area contributed by atoms with Crippen LogP contribution in [-0.2, 0) is 14.4 Å². The summed E-state index contributed by atoms with van der Waals surface area (Å²) < 4.78 is 16.9. The van der Waals surface area contributed by atoms with Crippen molar-refractivity contribution in [3.63, 3.8) is 0 Å². The van der Waals surface area contributed by atoms with Gasteiger partial charge in [0.2, 0.25) is 0 Å². The summed E-state index contributed by atoms with van der Waals surface area (Å²) in [6.07, 6.45) is 2.93.